The van der Waals surface area contributed by atoms with Crippen molar-refractivity contribution in [2.75, 3.05) is 18.1 Å². The Morgan fingerprint density at radius 3 is 2.44 bits per heavy atom. The van der Waals surface area contributed by atoms with Gasteiger partial charge in [0.1, 0.15) is 0 Å². The summed E-state index contributed by atoms with van der Waals surface area (Å²) in [5.74, 6) is 3.82. The van der Waals surface area contributed by atoms with Crippen LogP contribution in [-0.2, 0) is 0 Å². The Balaban J connectivity index is 1.46. The van der Waals surface area contributed by atoms with E-state index in [1.807, 2.05) is 0 Å². The third kappa shape index (κ3) is 4.67. The Hall–Kier alpha value is 0.310. The normalized spacial score (nSPS) is 25.9. The standard InChI is InChI=1S/C14H27NS/c1-14(2)7-5-13(6-8-14)15-9-10-16-11-12-3-4-12/h12-13,15H,3-11H2,1-2H3. The largest absolute Gasteiger partial charge is 0.313 e. The van der Waals surface area contributed by atoms with Crippen molar-refractivity contribution < 1.29 is 0 Å². The highest BCUT2D eigenvalue weighted by atomic mass is 32.2. The van der Waals surface area contributed by atoms with E-state index in [-0.39, 0.29) is 0 Å². The fourth-order valence-electron chi connectivity index (χ4n) is 2.47. The van der Waals surface area contributed by atoms with E-state index in [0.29, 0.717) is 5.41 Å². The fraction of sp³-hybridized carbons (Fsp3) is 1.00. The molecule has 94 valence electrons. The fourth-order valence-corrected chi connectivity index (χ4v) is 3.57. The lowest BCUT2D eigenvalue weighted by Crippen LogP contribution is -2.36. The molecule has 16 heavy (non-hydrogen) atoms. The zero-order chi connectivity index (χ0) is 11.4. The van der Waals surface area contributed by atoms with Crippen LogP contribution >= 0.6 is 11.8 Å². The summed E-state index contributed by atoms with van der Waals surface area (Å²) >= 11 is 2.15. The van der Waals surface area contributed by atoms with E-state index >= 15 is 0 Å². The lowest BCUT2D eigenvalue weighted by molar-refractivity contribution is 0.208. The minimum atomic E-state index is 0.610. The van der Waals surface area contributed by atoms with Crippen LogP contribution in [0.25, 0.3) is 0 Å². The van der Waals surface area contributed by atoms with Gasteiger partial charge in [-0.3, -0.25) is 0 Å². The Labute approximate surface area is 105 Å². The van der Waals surface area contributed by atoms with Gasteiger partial charge in [0.15, 0.2) is 0 Å². The molecule has 2 saturated carbocycles. The molecule has 2 aliphatic rings. The van der Waals surface area contributed by atoms with E-state index < -0.39 is 0 Å². The summed E-state index contributed by atoms with van der Waals surface area (Å²) in [6.45, 7) is 6.05. The summed E-state index contributed by atoms with van der Waals surface area (Å²) in [4.78, 5) is 0. The van der Waals surface area contributed by atoms with Crippen molar-refractivity contribution in [3.63, 3.8) is 0 Å². The van der Waals surface area contributed by atoms with Crippen molar-refractivity contribution in [2.45, 2.75) is 58.4 Å². The number of rotatable bonds is 6. The second-order valence-corrected chi connectivity index (χ2v) is 7.56. The Morgan fingerprint density at radius 1 is 1.12 bits per heavy atom. The minimum Gasteiger partial charge on any atom is -0.313 e. The molecule has 1 N–H and O–H groups in total. The van der Waals surface area contributed by atoms with Gasteiger partial charge in [0, 0.05) is 18.3 Å². The minimum absolute atomic E-state index is 0.610. The Bertz CT molecular complexity index is 201. The maximum atomic E-state index is 3.73. The van der Waals surface area contributed by atoms with Crippen molar-refractivity contribution in [2.24, 2.45) is 11.3 Å². The van der Waals surface area contributed by atoms with Gasteiger partial charge in [-0.15, -0.1) is 0 Å². The van der Waals surface area contributed by atoms with Crippen LogP contribution in [0, 0.1) is 11.3 Å². The van der Waals surface area contributed by atoms with Crippen LogP contribution in [0.1, 0.15) is 52.4 Å². The summed E-state index contributed by atoms with van der Waals surface area (Å²) in [5.41, 5.74) is 0.610. The maximum absolute atomic E-state index is 3.73. The monoisotopic (exact) mass is 241 g/mol. The van der Waals surface area contributed by atoms with E-state index in [9.17, 15) is 0 Å². The first kappa shape index (κ1) is 12.8. The van der Waals surface area contributed by atoms with Crippen LogP contribution in [0.2, 0.25) is 0 Å². The average Bonchev–Trinajstić information content (AvgIpc) is 3.04. The Morgan fingerprint density at radius 2 is 1.81 bits per heavy atom. The molecule has 0 bridgehead atoms. The van der Waals surface area contributed by atoms with Crippen molar-refractivity contribution in [1.82, 2.24) is 5.32 Å². The molecule has 0 aliphatic heterocycles. The van der Waals surface area contributed by atoms with Crippen LogP contribution < -0.4 is 5.32 Å². The van der Waals surface area contributed by atoms with E-state index in [1.165, 1.54) is 56.6 Å². The van der Waals surface area contributed by atoms with E-state index in [0.717, 1.165) is 12.0 Å². The van der Waals surface area contributed by atoms with Crippen LogP contribution in [-0.4, -0.2) is 24.1 Å². The van der Waals surface area contributed by atoms with Crippen LogP contribution in [0.4, 0.5) is 0 Å². The van der Waals surface area contributed by atoms with Gasteiger partial charge in [-0.1, -0.05) is 13.8 Å². The molecule has 0 heterocycles. The molecule has 0 aromatic rings. The topological polar surface area (TPSA) is 12.0 Å². The second kappa shape index (κ2) is 5.77. The molecular weight excluding hydrogens is 214 g/mol. The van der Waals surface area contributed by atoms with Gasteiger partial charge in [0.2, 0.25) is 0 Å². The number of nitrogens with one attached hydrogen (secondary N) is 1. The summed E-state index contributed by atoms with van der Waals surface area (Å²) in [6, 6.07) is 0.814. The summed E-state index contributed by atoms with van der Waals surface area (Å²) in [7, 11) is 0. The average molecular weight is 241 g/mol. The molecule has 2 heteroatoms. The first-order valence-electron chi connectivity index (χ1n) is 6.97. The molecular formula is C14H27NS. The molecule has 0 aromatic heterocycles. The molecule has 2 fully saturated rings. The highest BCUT2D eigenvalue weighted by Gasteiger charge is 2.26. The van der Waals surface area contributed by atoms with Crippen LogP contribution in [0.5, 0.6) is 0 Å². The zero-order valence-corrected chi connectivity index (χ0v) is 11.7. The van der Waals surface area contributed by atoms with E-state index in [2.05, 4.69) is 30.9 Å². The third-order valence-corrected chi connectivity index (χ3v) is 5.27. The number of hydrogen-bond donors (Lipinski definition) is 1. The highest BCUT2D eigenvalue weighted by molar-refractivity contribution is 7.99. The van der Waals surface area contributed by atoms with Crippen LogP contribution in [0.15, 0.2) is 0 Å². The first-order valence-corrected chi connectivity index (χ1v) is 8.12. The molecule has 2 rings (SSSR count). The van der Waals surface area contributed by atoms with Gasteiger partial charge in [0.25, 0.3) is 0 Å². The number of thioether (sulfide) groups is 1. The molecule has 0 radical (unpaired) electrons. The molecule has 0 spiro atoms. The highest BCUT2D eigenvalue weighted by Crippen LogP contribution is 2.35. The van der Waals surface area contributed by atoms with Gasteiger partial charge >= 0.3 is 0 Å². The van der Waals surface area contributed by atoms with Gasteiger partial charge < -0.3 is 5.32 Å². The maximum Gasteiger partial charge on any atom is 0.00678 e. The summed E-state index contributed by atoms with van der Waals surface area (Å²) in [5, 5.41) is 3.73. The Kier molecular flexibility index (Phi) is 4.60. The van der Waals surface area contributed by atoms with Gasteiger partial charge in [0.05, 0.1) is 0 Å². The number of hydrogen-bond acceptors (Lipinski definition) is 2. The molecule has 0 atom stereocenters. The van der Waals surface area contributed by atoms with Gasteiger partial charge in [-0.25, -0.2) is 0 Å². The predicted octanol–water partition coefficient (Wildman–Crippen LogP) is 3.69. The zero-order valence-electron chi connectivity index (χ0n) is 10.9. The smallest absolute Gasteiger partial charge is 0.00678 e. The SMILES string of the molecule is CC1(C)CCC(NCCSCC2CC2)CC1. The van der Waals surface area contributed by atoms with Gasteiger partial charge in [-0.05, 0) is 55.6 Å². The summed E-state index contributed by atoms with van der Waals surface area (Å²) < 4.78 is 0. The molecule has 1 nitrogen and oxygen atoms in total. The quantitative estimate of drug-likeness (QED) is 0.712. The molecule has 0 amide bonds. The lowest BCUT2D eigenvalue weighted by atomic mass is 9.75. The van der Waals surface area contributed by atoms with Crippen molar-refractivity contribution in [1.29, 1.82) is 0 Å². The second-order valence-electron chi connectivity index (χ2n) is 6.41. The van der Waals surface area contributed by atoms with Crippen LogP contribution in [0.3, 0.4) is 0 Å². The van der Waals surface area contributed by atoms with E-state index in [1.54, 1.807) is 0 Å². The van der Waals surface area contributed by atoms with Crippen molar-refractivity contribution >= 4 is 11.8 Å². The van der Waals surface area contributed by atoms with E-state index in [4.69, 9.17) is 0 Å². The molecule has 0 aromatic carbocycles. The van der Waals surface area contributed by atoms with Crippen molar-refractivity contribution in [3.8, 4) is 0 Å². The first-order chi connectivity index (χ1) is 7.66. The molecule has 0 unspecified atom stereocenters. The molecule has 0 saturated heterocycles. The summed E-state index contributed by atoms with van der Waals surface area (Å²) in [6.07, 6.45) is 8.58. The molecule has 2 aliphatic carbocycles. The van der Waals surface area contributed by atoms with Gasteiger partial charge in [-0.2, -0.15) is 11.8 Å². The predicted molar refractivity (Wildman–Crippen MR) is 74.1 cm³/mol. The third-order valence-electron chi connectivity index (χ3n) is 4.07. The lowest BCUT2D eigenvalue weighted by Gasteiger charge is -2.34. The van der Waals surface area contributed by atoms with Crippen molar-refractivity contribution in [3.05, 3.63) is 0 Å².